The van der Waals surface area contributed by atoms with E-state index in [0.29, 0.717) is 6.04 Å². The highest BCUT2D eigenvalue weighted by Gasteiger charge is 2.33. The van der Waals surface area contributed by atoms with Crippen LogP contribution in [0.15, 0.2) is 4.99 Å². The maximum Gasteiger partial charge on any atom is 0.131 e. The van der Waals surface area contributed by atoms with Gasteiger partial charge < -0.3 is 9.84 Å². The first-order chi connectivity index (χ1) is 5.40. The molecule has 2 rings (SSSR count). The monoisotopic (exact) mass is 173 g/mol. The Bertz CT molecular complexity index is 174. The second-order valence-corrected chi connectivity index (χ2v) is 3.79. The zero-order valence-corrected chi connectivity index (χ0v) is 6.96. The van der Waals surface area contributed by atoms with E-state index in [1.54, 1.807) is 11.8 Å². The van der Waals surface area contributed by atoms with E-state index >= 15 is 0 Å². The first-order valence-electron chi connectivity index (χ1n) is 3.83. The third-order valence-electron chi connectivity index (χ3n) is 2.08. The Morgan fingerprint density at radius 3 is 3.36 bits per heavy atom. The van der Waals surface area contributed by atoms with Gasteiger partial charge in [-0.3, -0.25) is 4.99 Å². The molecule has 0 aromatic rings. The molecule has 2 aliphatic heterocycles. The summed E-state index contributed by atoms with van der Waals surface area (Å²) in [5, 5.41) is 8.84. The first kappa shape index (κ1) is 7.58. The van der Waals surface area contributed by atoms with Gasteiger partial charge in [-0.25, -0.2) is 0 Å². The maximum absolute atomic E-state index is 8.84. The summed E-state index contributed by atoms with van der Waals surface area (Å²) in [7, 11) is 0. The highest BCUT2D eigenvalue weighted by Crippen LogP contribution is 2.32. The molecular weight excluding hydrogens is 162 g/mol. The molecule has 0 aromatic heterocycles. The van der Waals surface area contributed by atoms with E-state index in [-0.39, 0.29) is 18.1 Å². The van der Waals surface area contributed by atoms with Gasteiger partial charge in [0.1, 0.15) is 5.44 Å². The lowest BCUT2D eigenvalue weighted by molar-refractivity contribution is -0.0399. The maximum atomic E-state index is 8.84. The van der Waals surface area contributed by atoms with Crippen LogP contribution in [-0.4, -0.2) is 34.8 Å². The topological polar surface area (TPSA) is 41.8 Å². The van der Waals surface area contributed by atoms with Crippen LogP contribution >= 0.6 is 11.8 Å². The number of rotatable bonds is 1. The fourth-order valence-electron chi connectivity index (χ4n) is 1.42. The number of thioether (sulfide) groups is 1. The number of aliphatic hydroxyl groups is 1. The minimum absolute atomic E-state index is 0.0467. The van der Waals surface area contributed by atoms with Crippen LogP contribution in [0.2, 0.25) is 0 Å². The Kier molecular flexibility index (Phi) is 2.16. The van der Waals surface area contributed by atoms with E-state index in [1.165, 1.54) is 0 Å². The van der Waals surface area contributed by atoms with Crippen molar-refractivity contribution in [3.05, 3.63) is 0 Å². The van der Waals surface area contributed by atoms with Crippen molar-refractivity contribution in [1.82, 2.24) is 0 Å². The number of aliphatic imine (C=N–C) groups is 1. The second kappa shape index (κ2) is 3.13. The number of fused-ring (bicyclic) bond motifs is 1. The summed E-state index contributed by atoms with van der Waals surface area (Å²) in [6.07, 6.45) is 2.04. The van der Waals surface area contributed by atoms with Gasteiger partial charge in [-0.1, -0.05) is 11.8 Å². The number of hydrogen-bond donors (Lipinski definition) is 1. The molecule has 0 aromatic carbocycles. The molecule has 2 heterocycles. The minimum Gasteiger partial charge on any atom is -0.394 e. The number of nitrogens with zero attached hydrogens (tertiary/aromatic N) is 1. The van der Waals surface area contributed by atoms with Gasteiger partial charge in [-0.05, 0) is 12.8 Å². The number of hydrogen-bond acceptors (Lipinski definition) is 4. The molecule has 0 radical (unpaired) electrons. The van der Waals surface area contributed by atoms with Gasteiger partial charge in [0.15, 0.2) is 0 Å². The Balaban J connectivity index is 1.94. The average Bonchev–Trinajstić information content (AvgIpc) is 2.50. The molecule has 0 saturated carbocycles. The molecule has 11 heavy (non-hydrogen) atoms. The van der Waals surface area contributed by atoms with E-state index in [4.69, 9.17) is 9.84 Å². The van der Waals surface area contributed by atoms with Crippen molar-refractivity contribution in [1.29, 1.82) is 0 Å². The molecule has 4 heteroatoms. The molecule has 1 fully saturated rings. The van der Waals surface area contributed by atoms with Crippen molar-refractivity contribution in [2.75, 3.05) is 6.61 Å². The molecule has 0 bridgehead atoms. The fourth-order valence-corrected chi connectivity index (χ4v) is 2.37. The minimum atomic E-state index is 0.0467. The summed E-state index contributed by atoms with van der Waals surface area (Å²) in [4.78, 5) is 4.26. The van der Waals surface area contributed by atoms with Crippen molar-refractivity contribution >= 4 is 17.3 Å². The molecule has 3 atom stereocenters. The third-order valence-corrected chi connectivity index (χ3v) is 3.01. The van der Waals surface area contributed by atoms with Crippen molar-refractivity contribution < 1.29 is 9.84 Å². The predicted octanol–water partition coefficient (Wildman–Crippen LogP) is 0.627. The quantitative estimate of drug-likeness (QED) is 0.632. The van der Waals surface area contributed by atoms with E-state index in [9.17, 15) is 0 Å². The molecule has 0 amide bonds. The predicted molar refractivity (Wildman–Crippen MR) is 44.9 cm³/mol. The van der Waals surface area contributed by atoms with Crippen molar-refractivity contribution in [2.24, 2.45) is 4.99 Å². The lowest BCUT2D eigenvalue weighted by Gasteiger charge is -2.29. The van der Waals surface area contributed by atoms with E-state index < -0.39 is 0 Å². The molecule has 0 spiro atoms. The van der Waals surface area contributed by atoms with Crippen molar-refractivity contribution in [3.63, 3.8) is 0 Å². The second-order valence-electron chi connectivity index (χ2n) is 2.84. The SMILES string of the molecule is OCC1CCC2N=CSC2O1. The number of aliphatic hydroxyl groups excluding tert-OH is 1. The zero-order chi connectivity index (χ0) is 7.68. The van der Waals surface area contributed by atoms with Gasteiger partial charge >= 0.3 is 0 Å². The van der Waals surface area contributed by atoms with E-state index in [2.05, 4.69) is 4.99 Å². The van der Waals surface area contributed by atoms with Gasteiger partial charge in [0.05, 0.1) is 24.3 Å². The van der Waals surface area contributed by atoms with Crippen LogP contribution in [0.1, 0.15) is 12.8 Å². The lowest BCUT2D eigenvalue weighted by atomic mass is 10.1. The van der Waals surface area contributed by atoms with Crippen molar-refractivity contribution in [3.8, 4) is 0 Å². The summed E-state index contributed by atoms with van der Waals surface area (Å²) in [5.74, 6) is 0. The molecule has 0 aliphatic carbocycles. The van der Waals surface area contributed by atoms with Crippen LogP contribution in [0.5, 0.6) is 0 Å². The van der Waals surface area contributed by atoms with E-state index in [1.807, 2.05) is 5.55 Å². The summed E-state index contributed by atoms with van der Waals surface area (Å²) < 4.78 is 5.55. The summed E-state index contributed by atoms with van der Waals surface area (Å²) >= 11 is 1.62. The highest BCUT2D eigenvalue weighted by molar-refractivity contribution is 8.12. The Morgan fingerprint density at radius 1 is 1.64 bits per heavy atom. The standard InChI is InChI=1S/C7H11NO2S/c9-3-5-1-2-6-7(10-5)11-4-8-6/h4-7,9H,1-3H2. The van der Waals surface area contributed by atoms with Crippen LogP contribution in [0.4, 0.5) is 0 Å². The molecule has 3 unspecified atom stereocenters. The van der Waals surface area contributed by atoms with Crippen LogP contribution in [-0.2, 0) is 4.74 Å². The number of ether oxygens (including phenoxy) is 1. The summed E-state index contributed by atoms with van der Waals surface area (Å²) in [6, 6.07) is 0.350. The Hall–Kier alpha value is -0.0600. The largest absolute Gasteiger partial charge is 0.394 e. The highest BCUT2D eigenvalue weighted by atomic mass is 32.2. The third kappa shape index (κ3) is 1.43. The van der Waals surface area contributed by atoms with Gasteiger partial charge in [0.2, 0.25) is 0 Å². The summed E-state index contributed by atoms with van der Waals surface area (Å²) in [5.41, 5.74) is 2.04. The van der Waals surface area contributed by atoms with Crippen LogP contribution in [0.25, 0.3) is 0 Å². The van der Waals surface area contributed by atoms with Crippen LogP contribution < -0.4 is 0 Å². The molecule has 62 valence electrons. The normalized spacial score (nSPS) is 42.5. The van der Waals surface area contributed by atoms with Crippen molar-refractivity contribution in [2.45, 2.75) is 30.4 Å². The van der Waals surface area contributed by atoms with Crippen LogP contribution in [0, 0.1) is 0 Å². The molecule has 2 aliphatic rings. The molecular formula is C7H11NO2S. The van der Waals surface area contributed by atoms with E-state index in [0.717, 1.165) is 12.8 Å². The smallest absolute Gasteiger partial charge is 0.131 e. The Morgan fingerprint density at radius 2 is 2.55 bits per heavy atom. The molecule has 1 N–H and O–H groups in total. The zero-order valence-electron chi connectivity index (χ0n) is 6.14. The summed E-state index contributed by atoms with van der Waals surface area (Å²) in [6.45, 7) is 0.143. The molecule has 3 nitrogen and oxygen atoms in total. The van der Waals surface area contributed by atoms with Gasteiger partial charge in [-0.2, -0.15) is 0 Å². The van der Waals surface area contributed by atoms with Gasteiger partial charge in [0.25, 0.3) is 0 Å². The fraction of sp³-hybridized carbons (Fsp3) is 0.857. The van der Waals surface area contributed by atoms with Gasteiger partial charge in [0, 0.05) is 0 Å². The average molecular weight is 173 g/mol. The first-order valence-corrected chi connectivity index (χ1v) is 4.78. The Labute approximate surface area is 69.8 Å². The van der Waals surface area contributed by atoms with Gasteiger partial charge in [-0.15, -0.1) is 0 Å². The lowest BCUT2D eigenvalue weighted by Crippen LogP contribution is -2.35. The molecule has 1 saturated heterocycles. The van der Waals surface area contributed by atoms with Crippen LogP contribution in [0.3, 0.4) is 0 Å².